The molecule has 0 saturated heterocycles. The SMILES string of the molecule is C/C=C(/CCNC)C(=O)O[C@@H]1Cc2c(c([C@H](Cc3cccc(O)c3)C3=CCNC(N)=C3)c3oc(CO)cc(=O)c3c2O)OC1(C)C. The smallest absolute Gasteiger partial charge is 0.334 e. The maximum absolute atomic E-state index is 13.5. The van der Waals surface area contributed by atoms with Crippen molar-refractivity contribution in [2.24, 2.45) is 5.73 Å². The number of aliphatic hydroxyl groups is 1. The molecule has 2 aliphatic heterocycles. The minimum Gasteiger partial charge on any atom is -0.508 e. The summed E-state index contributed by atoms with van der Waals surface area (Å²) < 4.78 is 18.8. The highest BCUT2D eigenvalue weighted by Crippen LogP contribution is 2.50. The van der Waals surface area contributed by atoms with Crippen molar-refractivity contribution in [2.75, 3.05) is 20.1 Å². The third-order valence-electron chi connectivity index (χ3n) is 8.54. The number of phenolic OH excluding ortho intramolecular Hbond substituents is 2. The molecule has 5 rings (SSSR count). The molecule has 0 saturated carbocycles. The molecular weight excluding hydrogens is 590 g/mol. The van der Waals surface area contributed by atoms with Crippen LogP contribution in [0.5, 0.6) is 17.2 Å². The number of fused-ring (bicyclic) bond motifs is 2. The monoisotopic (exact) mass is 631 g/mol. The third kappa shape index (κ3) is 6.47. The van der Waals surface area contributed by atoms with E-state index in [2.05, 4.69) is 10.6 Å². The van der Waals surface area contributed by atoms with Crippen LogP contribution in [0.4, 0.5) is 0 Å². The zero-order valence-corrected chi connectivity index (χ0v) is 26.5. The molecular formula is C35H41N3O8. The first-order valence-electron chi connectivity index (χ1n) is 15.3. The van der Waals surface area contributed by atoms with Crippen LogP contribution in [-0.2, 0) is 29.0 Å². The Bertz CT molecular complexity index is 1800. The van der Waals surface area contributed by atoms with Gasteiger partial charge in [-0.05, 0) is 76.6 Å². The van der Waals surface area contributed by atoms with Gasteiger partial charge in [-0.25, -0.2) is 4.79 Å². The summed E-state index contributed by atoms with van der Waals surface area (Å²) in [6.07, 6.45) is 5.53. The Morgan fingerprint density at radius 3 is 2.74 bits per heavy atom. The largest absolute Gasteiger partial charge is 0.508 e. The van der Waals surface area contributed by atoms with Crippen molar-refractivity contribution in [2.45, 2.75) is 64.3 Å². The molecule has 0 amide bonds. The topological polar surface area (TPSA) is 177 Å². The summed E-state index contributed by atoms with van der Waals surface area (Å²) in [7, 11) is 1.80. The van der Waals surface area contributed by atoms with Gasteiger partial charge < -0.3 is 45.6 Å². The fraction of sp³-hybridized carbons (Fsp3) is 0.371. The average Bonchev–Trinajstić information content (AvgIpc) is 3.01. The minimum absolute atomic E-state index is 0.0193. The Balaban J connectivity index is 1.74. The molecule has 1 aromatic heterocycles. The van der Waals surface area contributed by atoms with Crippen LogP contribution in [-0.4, -0.2) is 53.1 Å². The average molecular weight is 632 g/mol. The summed E-state index contributed by atoms with van der Waals surface area (Å²) in [5.74, 6) is -0.520. The number of ether oxygens (including phenoxy) is 2. The molecule has 0 unspecified atom stereocenters. The van der Waals surface area contributed by atoms with Crippen molar-refractivity contribution in [1.29, 1.82) is 0 Å². The van der Waals surface area contributed by atoms with Crippen molar-refractivity contribution >= 4 is 16.9 Å². The first kappa shape index (κ1) is 32.6. The normalized spacial score (nSPS) is 18.1. The maximum Gasteiger partial charge on any atom is 0.334 e. The minimum atomic E-state index is -1.07. The van der Waals surface area contributed by atoms with E-state index in [0.717, 1.165) is 17.2 Å². The molecule has 11 heteroatoms. The maximum atomic E-state index is 13.5. The van der Waals surface area contributed by atoms with Crippen molar-refractivity contribution < 1.29 is 34.0 Å². The zero-order chi connectivity index (χ0) is 33.2. The predicted molar refractivity (Wildman–Crippen MR) is 174 cm³/mol. The quantitative estimate of drug-likeness (QED) is 0.143. The third-order valence-corrected chi connectivity index (χ3v) is 8.54. The molecule has 2 atom stereocenters. The lowest BCUT2D eigenvalue weighted by Gasteiger charge is -2.41. The summed E-state index contributed by atoms with van der Waals surface area (Å²) in [5.41, 5.74) is 7.52. The Kier molecular flexibility index (Phi) is 9.45. The fourth-order valence-electron chi connectivity index (χ4n) is 6.08. The predicted octanol–water partition coefficient (Wildman–Crippen LogP) is 3.53. The number of phenols is 2. The van der Waals surface area contributed by atoms with E-state index in [0.29, 0.717) is 54.2 Å². The van der Waals surface area contributed by atoms with Crippen LogP contribution in [0.15, 0.2) is 74.7 Å². The van der Waals surface area contributed by atoms with Gasteiger partial charge in [-0.15, -0.1) is 0 Å². The van der Waals surface area contributed by atoms with E-state index in [1.807, 2.05) is 12.1 Å². The van der Waals surface area contributed by atoms with Crippen molar-refractivity contribution in [3.8, 4) is 17.2 Å². The fourth-order valence-corrected chi connectivity index (χ4v) is 6.08. The number of rotatable bonds is 10. The van der Waals surface area contributed by atoms with Crippen molar-refractivity contribution in [3.63, 3.8) is 0 Å². The number of esters is 1. The highest BCUT2D eigenvalue weighted by Gasteiger charge is 2.44. The Morgan fingerprint density at radius 2 is 2.07 bits per heavy atom. The number of aromatic hydroxyl groups is 2. The number of nitrogens with one attached hydrogen (secondary N) is 2. The number of allylic oxidation sites excluding steroid dienone is 3. The van der Waals surface area contributed by atoms with Crippen LogP contribution in [0, 0.1) is 0 Å². The van der Waals surface area contributed by atoms with E-state index in [4.69, 9.17) is 19.6 Å². The second-order valence-electron chi connectivity index (χ2n) is 12.1. The van der Waals surface area contributed by atoms with Crippen LogP contribution in [0.2, 0.25) is 0 Å². The molecule has 3 aromatic rings. The van der Waals surface area contributed by atoms with Gasteiger partial charge >= 0.3 is 5.97 Å². The van der Waals surface area contributed by atoms with E-state index >= 15 is 0 Å². The summed E-state index contributed by atoms with van der Waals surface area (Å²) in [6, 6.07) is 7.99. The molecule has 2 aromatic carbocycles. The summed E-state index contributed by atoms with van der Waals surface area (Å²) in [6.45, 7) is 5.88. The lowest BCUT2D eigenvalue weighted by molar-refractivity contribution is -0.156. The van der Waals surface area contributed by atoms with Crippen LogP contribution in [0.1, 0.15) is 55.6 Å². The van der Waals surface area contributed by atoms with Gasteiger partial charge in [-0.1, -0.05) is 24.3 Å². The molecule has 3 heterocycles. The van der Waals surface area contributed by atoms with Crippen LogP contribution in [0.3, 0.4) is 0 Å². The molecule has 0 spiro atoms. The lowest BCUT2D eigenvalue weighted by atomic mass is 9.79. The number of nitrogens with two attached hydrogens (primary N) is 1. The van der Waals surface area contributed by atoms with E-state index in [9.17, 15) is 24.9 Å². The molecule has 2 aliphatic rings. The Hall–Kier alpha value is -4.74. The van der Waals surface area contributed by atoms with Gasteiger partial charge in [0.15, 0.2) is 5.43 Å². The first-order valence-corrected chi connectivity index (χ1v) is 15.3. The van der Waals surface area contributed by atoms with Gasteiger partial charge in [-0.2, -0.15) is 0 Å². The number of carbonyl (C=O) groups excluding carboxylic acids is 1. The van der Waals surface area contributed by atoms with Gasteiger partial charge in [0.2, 0.25) is 0 Å². The number of aliphatic hydroxyl groups excluding tert-OH is 1. The number of carbonyl (C=O) groups is 1. The van der Waals surface area contributed by atoms with Crippen LogP contribution < -0.4 is 26.5 Å². The zero-order valence-electron chi connectivity index (χ0n) is 26.5. The Morgan fingerprint density at radius 1 is 1.28 bits per heavy atom. The molecule has 7 N–H and O–H groups in total. The van der Waals surface area contributed by atoms with Gasteiger partial charge in [0, 0.05) is 41.6 Å². The van der Waals surface area contributed by atoms with Gasteiger partial charge in [0.25, 0.3) is 0 Å². The Labute approximate surface area is 267 Å². The molecule has 11 nitrogen and oxygen atoms in total. The summed E-state index contributed by atoms with van der Waals surface area (Å²) >= 11 is 0. The van der Waals surface area contributed by atoms with E-state index < -0.39 is 35.6 Å². The highest BCUT2D eigenvalue weighted by atomic mass is 16.6. The van der Waals surface area contributed by atoms with Crippen LogP contribution in [0.25, 0.3) is 11.0 Å². The summed E-state index contributed by atoms with van der Waals surface area (Å²) in [5, 5.41) is 37.9. The molecule has 0 aliphatic carbocycles. The summed E-state index contributed by atoms with van der Waals surface area (Å²) in [4.78, 5) is 26.8. The van der Waals surface area contributed by atoms with Crippen molar-refractivity contribution in [3.05, 3.63) is 98.2 Å². The second-order valence-corrected chi connectivity index (χ2v) is 12.1. The first-order chi connectivity index (χ1) is 22.0. The number of hydrogen-bond acceptors (Lipinski definition) is 11. The number of hydrogen-bond donors (Lipinski definition) is 6. The molecule has 244 valence electrons. The standard InChI is InChI=1S/C35H41N3O8/c1-5-20(9-11-37-4)34(43)45-27-17-25-31(42)30-26(41)16-23(18-39)44-33(30)29(32(25)46-35(27,2)3)24(21-10-12-38-28(36)15-21)14-19-7-6-8-22(40)13-19/h5-8,10,13,15-16,24,27,37-40,42H,9,11-12,14,17-18,36H2,1-4H3/b20-5-/t24-,27-/m1/s1. The van der Waals surface area contributed by atoms with E-state index in [-0.39, 0.29) is 34.6 Å². The highest BCUT2D eigenvalue weighted by molar-refractivity contribution is 5.92. The number of dihydropyridines is 1. The van der Waals surface area contributed by atoms with Gasteiger partial charge in [0.05, 0.1) is 5.82 Å². The molecule has 46 heavy (non-hydrogen) atoms. The number of benzene rings is 2. The molecule has 0 fully saturated rings. The van der Waals surface area contributed by atoms with Gasteiger partial charge in [0.1, 0.15) is 52.3 Å². The second kappa shape index (κ2) is 13.3. The van der Waals surface area contributed by atoms with Gasteiger partial charge in [-0.3, -0.25) is 4.79 Å². The van der Waals surface area contributed by atoms with E-state index in [1.165, 1.54) is 0 Å². The van der Waals surface area contributed by atoms with E-state index in [1.54, 1.807) is 58.2 Å². The van der Waals surface area contributed by atoms with Crippen LogP contribution >= 0.6 is 0 Å². The molecule has 0 radical (unpaired) electrons. The molecule has 0 bridgehead atoms. The lowest BCUT2D eigenvalue weighted by Crippen LogP contribution is -2.49. The van der Waals surface area contributed by atoms with Crippen molar-refractivity contribution in [1.82, 2.24) is 10.6 Å².